The summed E-state index contributed by atoms with van der Waals surface area (Å²) in [5.41, 5.74) is 3.74. The van der Waals surface area contributed by atoms with E-state index < -0.39 is 0 Å². The highest BCUT2D eigenvalue weighted by molar-refractivity contribution is 5.88. The van der Waals surface area contributed by atoms with Crippen molar-refractivity contribution in [3.8, 4) is 22.9 Å². The quantitative estimate of drug-likeness (QED) is 0.326. The Balaban J connectivity index is 1.63. The van der Waals surface area contributed by atoms with Crippen molar-refractivity contribution in [2.24, 2.45) is 5.92 Å². The molecule has 1 fully saturated rings. The molecule has 0 radical (unpaired) electrons. The number of imidazole rings is 1. The summed E-state index contributed by atoms with van der Waals surface area (Å²) in [6.45, 7) is 0.497. The van der Waals surface area contributed by atoms with E-state index in [1.54, 1.807) is 14.2 Å². The molecule has 3 aromatic carbocycles. The van der Waals surface area contributed by atoms with Crippen LogP contribution >= 0.6 is 0 Å². The fourth-order valence-corrected chi connectivity index (χ4v) is 5.38. The fraction of sp³-hybridized carbons (Fsp3) is 0.333. The van der Waals surface area contributed by atoms with E-state index in [1.807, 2.05) is 66.7 Å². The number of carbonyl (C=O) groups excluding carboxylic acids is 1. The lowest BCUT2D eigenvalue weighted by atomic mass is 9.83. The zero-order chi connectivity index (χ0) is 24.9. The number of benzene rings is 3. The number of rotatable bonds is 8. The molecule has 1 aromatic heterocycles. The summed E-state index contributed by atoms with van der Waals surface area (Å²) in [7, 11) is 3.29. The van der Waals surface area contributed by atoms with E-state index in [0.29, 0.717) is 18.0 Å². The summed E-state index contributed by atoms with van der Waals surface area (Å²) in [5, 5.41) is 3.24. The van der Waals surface area contributed by atoms with E-state index in [2.05, 4.69) is 16.0 Å². The molecule has 1 atom stereocenters. The predicted molar refractivity (Wildman–Crippen MR) is 142 cm³/mol. The minimum Gasteiger partial charge on any atom is -0.497 e. The van der Waals surface area contributed by atoms with Crippen LogP contribution in [0.2, 0.25) is 0 Å². The van der Waals surface area contributed by atoms with Crippen LogP contribution in [-0.4, -0.2) is 29.7 Å². The molecule has 36 heavy (non-hydrogen) atoms. The molecule has 0 saturated heterocycles. The topological polar surface area (TPSA) is 65.4 Å². The second-order valence-corrected chi connectivity index (χ2v) is 9.41. The van der Waals surface area contributed by atoms with E-state index >= 15 is 0 Å². The number of fused-ring (bicyclic) bond motifs is 1. The Kier molecular flexibility index (Phi) is 7.21. The number of para-hydroxylation sites is 2. The molecule has 1 N–H and O–H groups in total. The lowest BCUT2D eigenvalue weighted by Gasteiger charge is -2.32. The van der Waals surface area contributed by atoms with Gasteiger partial charge in [0.15, 0.2) is 0 Å². The Labute approximate surface area is 212 Å². The van der Waals surface area contributed by atoms with Gasteiger partial charge in [0.2, 0.25) is 5.91 Å². The van der Waals surface area contributed by atoms with Gasteiger partial charge in [-0.15, -0.1) is 0 Å². The number of nitrogens with one attached hydrogen (secondary N) is 1. The number of hydrogen-bond donors (Lipinski definition) is 1. The smallest absolute Gasteiger partial charge is 0.243 e. The standard InChI is InChI=1S/C30H33N3O3/c1-35-23-17-18-24(27(19-23)36-2)29-32-25-15-9-10-16-26(25)33(29)28(22-13-7-4-8-14-22)30(34)31-20-21-11-5-3-6-12-21/h3,5-6,9-12,15-19,22,28H,4,7-8,13-14,20H2,1-2H3,(H,31,34). The molecule has 5 rings (SSSR count). The molecule has 0 spiro atoms. The number of carbonyl (C=O) groups is 1. The Bertz CT molecular complexity index is 1330. The van der Waals surface area contributed by atoms with E-state index in [4.69, 9.17) is 14.5 Å². The largest absolute Gasteiger partial charge is 0.497 e. The van der Waals surface area contributed by atoms with Crippen LogP contribution in [0.1, 0.15) is 43.7 Å². The lowest BCUT2D eigenvalue weighted by molar-refractivity contribution is -0.126. The number of methoxy groups -OCH3 is 2. The van der Waals surface area contributed by atoms with Gasteiger partial charge in [-0.25, -0.2) is 4.98 Å². The van der Waals surface area contributed by atoms with Crippen molar-refractivity contribution >= 4 is 16.9 Å². The van der Waals surface area contributed by atoms with Gasteiger partial charge in [-0.3, -0.25) is 4.79 Å². The first-order chi connectivity index (χ1) is 17.7. The summed E-state index contributed by atoms with van der Waals surface area (Å²) in [4.78, 5) is 19.0. The number of amides is 1. The lowest BCUT2D eigenvalue weighted by Crippen LogP contribution is -2.37. The number of hydrogen-bond acceptors (Lipinski definition) is 4. The summed E-state index contributed by atoms with van der Waals surface area (Å²) in [5.74, 6) is 2.37. The first kappa shape index (κ1) is 23.9. The summed E-state index contributed by atoms with van der Waals surface area (Å²) >= 11 is 0. The number of aromatic nitrogens is 2. The molecule has 1 saturated carbocycles. The maximum atomic E-state index is 14.0. The zero-order valence-corrected chi connectivity index (χ0v) is 20.9. The fourth-order valence-electron chi connectivity index (χ4n) is 5.38. The third-order valence-corrected chi connectivity index (χ3v) is 7.20. The van der Waals surface area contributed by atoms with Gasteiger partial charge in [-0.2, -0.15) is 0 Å². The zero-order valence-electron chi connectivity index (χ0n) is 20.9. The van der Waals surface area contributed by atoms with Gasteiger partial charge in [-0.1, -0.05) is 61.7 Å². The second-order valence-electron chi connectivity index (χ2n) is 9.41. The monoisotopic (exact) mass is 483 g/mol. The minimum atomic E-state index is -0.372. The molecule has 1 amide bonds. The molecule has 186 valence electrons. The van der Waals surface area contributed by atoms with Gasteiger partial charge in [0.05, 0.1) is 30.8 Å². The van der Waals surface area contributed by atoms with Crippen LogP contribution in [0, 0.1) is 5.92 Å². The third kappa shape index (κ3) is 4.81. The van der Waals surface area contributed by atoms with Crippen LogP contribution in [0.4, 0.5) is 0 Å². The third-order valence-electron chi connectivity index (χ3n) is 7.20. The van der Waals surface area contributed by atoms with Gasteiger partial charge in [0.1, 0.15) is 23.4 Å². The van der Waals surface area contributed by atoms with Gasteiger partial charge >= 0.3 is 0 Å². The van der Waals surface area contributed by atoms with Gasteiger partial charge in [0.25, 0.3) is 0 Å². The Morgan fingerprint density at radius 3 is 2.47 bits per heavy atom. The van der Waals surface area contributed by atoms with Crippen LogP contribution in [0.25, 0.3) is 22.4 Å². The van der Waals surface area contributed by atoms with Crippen LogP contribution in [-0.2, 0) is 11.3 Å². The van der Waals surface area contributed by atoms with Gasteiger partial charge in [-0.05, 0) is 48.6 Å². The normalized spacial score (nSPS) is 14.9. The molecule has 1 aliphatic rings. The van der Waals surface area contributed by atoms with Crippen LogP contribution in [0.15, 0.2) is 72.8 Å². The number of nitrogens with zero attached hydrogens (tertiary/aromatic N) is 2. The highest BCUT2D eigenvalue weighted by Gasteiger charge is 2.34. The van der Waals surface area contributed by atoms with Crippen LogP contribution in [0.3, 0.4) is 0 Å². The first-order valence-electron chi connectivity index (χ1n) is 12.7. The maximum Gasteiger partial charge on any atom is 0.243 e. The molecule has 0 bridgehead atoms. The van der Waals surface area contributed by atoms with E-state index in [9.17, 15) is 4.79 Å². The highest BCUT2D eigenvalue weighted by Crippen LogP contribution is 2.41. The minimum absolute atomic E-state index is 0.0302. The van der Waals surface area contributed by atoms with E-state index in [1.165, 1.54) is 6.42 Å². The summed E-state index contributed by atoms with van der Waals surface area (Å²) in [6, 6.07) is 23.5. The van der Waals surface area contributed by atoms with Crippen molar-refractivity contribution < 1.29 is 14.3 Å². The summed E-state index contributed by atoms with van der Waals surface area (Å²) in [6.07, 6.45) is 5.55. The SMILES string of the molecule is COc1ccc(-c2nc3ccccc3n2C(C(=O)NCc2ccccc2)C2CCCCC2)c(OC)c1. The second kappa shape index (κ2) is 10.9. The molecular formula is C30H33N3O3. The average molecular weight is 484 g/mol. The van der Waals surface area contributed by atoms with E-state index in [-0.39, 0.29) is 17.9 Å². The van der Waals surface area contributed by atoms with Gasteiger partial charge in [0, 0.05) is 12.6 Å². The molecule has 6 nitrogen and oxygen atoms in total. The maximum absolute atomic E-state index is 14.0. The van der Waals surface area contributed by atoms with Gasteiger partial charge < -0.3 is 19.4 Å². The molecule has 1 aliphatic carbocycles. The van der Waals surface area contributed by atoms with Crippen LogP contribution in [0.5, 0.6) is 11.5 Å². The van der Waals surface area contributed by atoms with Crippen molar-refractivity contribution in [1.82, 2.24) is 14.9 Å². The Morgan fingerprint density at radius 2 is 1.72 bits per heavy atom. The van der Waals surface area contributed by atoms with Crippen molar-refractivity contribution in [2.75, 3.05) is 14.2 Å². The molecule has 6 heteroatoms. The molecule has 1 heterocycles. The van der Waals surface area contributed by atoms with Crippen molar-refractivity contribution in [1.29, 1.82) is 0 Å². The number of ether oxygens (including phenoxy) is 2. The Hall–Kier alpha value is -3.80. The molecular weight excluding hydrogens is 450 g/mol. The summed E-state index contributed by atoms with van der Waals surface area (Å²) < 4.78 is 13.3. The molecule has 1 unspecified atom stereocenters. The van der Waals surface area contributed by atoms with E-state index in [0.717, 1.165) is 53.7 Å². The average Bonchev–Trinajstić information content (AvgIpc) is 3.31. The van der Waals surface area contributed by atoms with Crippen molar-refractivity contribution in [3.05, 3.63) is 78.4 Å². The Morgan fingerprint density at radius 1 is 0.972 bits per heavy atom. The highest BCUT2D eigenvalue weighted by atomic mass is 16.5. The molecule has 4 aromatic rings. The van der Waals surface area contributed by atoms with Crippen LogP contribution < -0.4 is 14.8 Å². The van der Waals surface area contributed by atoms with Crippen molar-refractivity contribution in [2.45, 2.75) is 44.7 Å². The van der Waals surface area contributed by atoms with Crippen molar-refractivity contribution in [3.63, 3.8) is 0 Å². The molecule has 0 aliphatic heterocycles. The first-order valence-corrected chi connectivity index (χ1v) is 12.7. The predicted octanol–water partition coefficient (Wildman–Crippen LogP) is 6.16.